The van der Waals surface area contributed by atoms with Crippen LogP contribution >= 0.6 is 11.6 Å². The van der Waals surface area contributed by atoms with Crippen molar-refractivity contribution in [1.82, 2.24) is 15.3 Å². The second-order valence-electron chi connectivity index (χ2n) is 8.96. The van der Waals surface area contributed by atoms with E-state index in [9.17, 15) is 10.1 Å². The molecule has 8 heteroatoms. The van der Waals surface area contributed by atoms with E-state index in [0.29, 0.717) is 48.1 Å². The molecule has 0 bridgehead atoms. The molecule has 5 rings (SSSR count). The summed E-state index contributed by atoms with van der Waals surface area (Å²) >= 11 is 6.19. The van der Waals surface area contributed by atoms with Gasteiger partial charge in [-0.05, 0) is 42.3 Å². The zero-order chi connectivity index (χ0) is 25.6. The lowest BCUT2D eigenvalue weighted by Crippen LogP contribution is -2.47. The first-order valence-electron chi connectivity index (χ1n) is 12.4. The number of anilines is 2. The van der Waals surface area contributed by atoms with E-state index in [0.717, 1.165) is 29.9 Å². The zero-order valence-corrected chi connectivity index (χ0v) is 21.1. The quantitative estimate of drug-likeness (QED) is 0.392. The Kier molecular flexibility index (Phi) is 7.48. The molecule has 0 aliphatic carbocycles. The predicted molar refractivity (Wildman–Crippen MR) is 147 cm³/mol. The minimum absolute atomic E-state index is 0.359. The van der Waals surface area contributed by atoms with Gasteiger partial charge in [-0.1, -0.05) is 60.1 Å². The fourth-order valence-corrected chi connectivity index (χ4v) is 4.79. The van der Waals surface area contributed by atoms with Gasteiger partial charge >= 0.3 is 0 Å². The van der Waals surface area contributed by atoms with E-state index in [4.69, 9.17) is 21.6 Å². The molecule has 1 aliphatic rings. The van der Waals surface area contributed by atoms with Crippen LogP contribution < -0.4 is 15.1 Å². The van der Waals surface area contributed by atoms with E-state index in [1.807, 2.05) is 78.9 Å². The summed E-state index contributed by atoms with van der Waals surface area (Å²) in [7, 11) is 0. The fourth-order valence-electron chi connectivity index (χ4n) is 4.60. The molecule has 0 spiro atoms. The van der Waals surface area contributed by atoms with E-state index in [1.165, 1.54) is 0 Å². The number of benzene rings is 3. The molecule has 7 nitrogen and oxygen atoms in total. The van der Waals surface area contributed by atoms with Crippen LogP contribution in [0.25, 0.3) is 11.0 Å². The molecule has 1 aliphatic heterocycles. The van der Waals surface area contributed by atoms with Crippen LogP contribution in [0.4, 0.5) is 11.5 Å². The van der Waals surface area contributed by atoms with Gasteiger partial charge in [0.05, 0.1) is 17.1 Å². The number of carbonyl (C=O) groups is 1. The predicted octanol–water partition coefficient (Wildman–Crippen LogP) is 4.58. The summed E-state index contributed by atoms with van der Waals surface area (Å²) in [5.74, 6) is -0.829. The van der Waals surface area contributed by atoms with Gasteiger partial charge in [0.2, 0.25) is 5.91 Å². The summed E-state index contributed by atoms with van der Waals surface area (Å²) in [6, 6.07) is 27.5. The first-order chi connectivity index (χ1) is 18.1. The van der Waals surface area contributed by atoms with Gasteiger partial charge < -0.3 is 15.1 Å². The number of hydrogen-bond acceptors (Lipinski definition) is 6. The van der Waals surface area contributed by atoms with Crippen LogP contribution in [0.3, 0.4) is 0 Å². The zero-order valence-electron chi connectivity index (χ0n) is 20.3. The molecule has 37 heavy (non-hydrogen) atoms. The van der Waals surface area contributed by atoms with Gasteiger partial charge in [-0.2, -0.15) is 5.26 Å². The summed E-state index contributed by atoms with van der Waals surface area (Å²) < 4.78 is 0. The van der Waals surface area contributed by atoms with Crippen molar-refractivity contribution in [3.05, 3.63) is 95.1 Å². The third-order valence-electron chi connectivity index (χ3n) is 6.55. The van der Waals surface area contributed by atoms with Crippen molar-refractivity contribution < 1.29 is 4.79 Å². The number of nitrogens with zero attached hydrogens (tertiary/aromatic N) is 5. The van der Waals surface area contributed by atoms with E-state index in [-0.39, 0.29) is 5.91 Å². The molecule has 1 saturated heterocycles. The molecule has 0 saturated carbocycles. The Bertz CT molecular complexity index is 1430. The third kappa shape index (κ3) is 5.65. The van der Waals surface area contributed by atoms with Crippen LogP contribution in [0.1, 0.15) is 17.2 Å². The Morgan fingerprint density at radius 1 is 0.919 bits per heavy atom. The van der Waals surface area contributed by atoms with Crippen LogP contribution in [-0.2, 0) is 11.2 Å². The minimum Gasteiger partial charge on any atom is -0.368 e. The molecule has 2 heterocycles. The largest absolute Gasteiger partial charge is 0.368 e. The molecule has 4 aromatic rings. The highest BCUT2D eigenvalue weighted by Crippen LogP contribution is 2.29. The molecule has 1 fully saturated rings. The highest BCUT2D eigenvalue weighted by molar-refractivity contribution is 6.30. The summed E-state index contributed by atoms with van der Waals surface area (Å²) in [6.07, 6.45) is 0.687. The number of halogens is 1. The number of aromatic nitrogens is 2. The maximum atomic E-state index is 13.2. The van der Waals surface area contributed by atoms with E-state index in [1.54, 1.807) is 0 Å². The molecule has 0 radical (unpaired) electrons. The summed E-state index contributed by atoms with van der Waals surface area (Å²) in [5.41, 5.74) is 4.00. The monoisotopic (exact) mass is 510 g/mol. The fraction of sp³-hybridized carbons (Fsp3) is 0.241. The number of carbonyl (C=O) groups excluding carboxylic acids is 1. The van der Waals surface area contributed by atoms with Crippen LogP contribution in [0, 0.1) is 11.3 Å². The lowest BCUT2D eigenvalue weighted by Gasteiger charge is -2.37. The Morgan fingerprint density at radius 3 is 2.30 bits per heavy atom. The number of nitriles is 1. The van der Waals surface area contributed by atoms with Crippen molar-refractivity contribution >= 4 is 40.0 Å². The van der Waals surface area contributed by atoms with Crippen LogP contribution in [0.15, 0.2) is 78.9 Å². The highest BCUT2D eigenvalue weighted by atomic mass is 35.5. The lowest BCUT2D eigenvalue weighted by molar-refractivity contribution is -0.121. The maximum Gasteiger partial charge on any atom is 0.243 e. The molecular formula is C29H27ClN6O. The number of hydrogen-bond donors (Lipinski definition) is 1. The number of amides is 1. The number of rotatable bonds is 7. The van der Waals surface area contributed by atoms with Crippen molar-refractivity contribution in [3.63, 3.8) is 0 Å². The first-order valence-corrected chi connectivity index (χ1v) is 12.7. The Labute approximate surface area is 221 Å². The van der Waals surface area contributed by atoms with E-state index < -0.39 is 5.92 Å². The third-order valence-corrected chi connectivity index (χ3v) is 6.79. The molecule has 1 atom stereocenters. The van der Waals surface area contributed by atoms with Gasteiger partial charge in [0.15, 0.2) is 11.7 Å². The molecule has 3 aromatic carbocycles. The number of piperazine rings is 1. The Hall–Kier alpha value is -4.15. The second-order valence-corrected chi connectivity index (χ2v) is 9.40. The number of para-hydroxylation sites is 2. The standard InChI is InChI=1S/C29H27ClN6O/c30-22-9-6-10-23(19-22)35-15-17-36(18-16-35)28-27(33-25-11-4-5-12-26(25)34-28)24(20-31)29(37)32-14-13-21-7-2-1-3-8-21/h1-12,19,24H,13-18H2,(H,32,37). The first kappa shape index (κ1) is 24.5. The molecule has 1 aromatic heterocycles. The lowest BCUT2D eigenvalue weighted by atomic mass is 10.0. The van der Waals surface area contributed by atoms with Gasteiger partial charge in [-0.3, -0.25) is 4.79 Å². The minimum atomic E-state index is -1.06. The van der Waals surface area contributed by atoms with Crippen molar-refractivity contribution in [3.8, 4) is 6.07 Å². The van der Waals surface area contributed by atoms with Gasteiger partial charge in [-0.25, -0.2) is 9.97 Å². The SMILES string of the molecule is N#CC(C(=O)NCCc1ccccc1)c1nc2ccccc2nc1N1CCN(c2cccc(Cl)c2)CC1. The van der Waals surface area contributed by atoms with Crippen molar-refractivity contribution in [1.29, 1.82) is 5.26 Å². The van der Waals surface area contributed by atoms with Crippen molar-refractivity contribution in [2.24, 2.45) is 0 Å². The molecule has 1 unspecified atom stereocenters. The van der Waals surface area contributed by atoms with E-state index in [2.05, 4.69) is 21.2 Å². The van der Waals surface area contributed by atoms with Crippen LogP contribution in [0.5, 0.6) is 0 Å². The smallest absolute Gasteiger partial charge is 0.243 e. The Morgan fingerprint density at radius 2 is 1.59 bits per heavy atom. The maximum absolute atomic E-state index is 13.2. The van der Waals surface area contributed by atoms with Gasteiger partial charge in [0.1, 0.15) is 5.69 Å². The van der Waals surface area contributed by atoms with Gasteiger partial charge in [0.25, 0.3) is 0 Å². The van der Waals surface area contributed by atoms with Crippen LogP contribution in [0.2, 0.25) is 5.02 Å². The summed E-state index contributed by atoms with van der Waals surface area (Å²) in [6.45, 7) is 3.32. The Balaban J connectivity index is 1.37. The second kappa shape index (κ2) is 11.3. The van der Waals surface area contributed by atoms with Gasteiger partial charge in [-0.15, -0.1) is 0 Å². The molecule has 1 amide bonds. The van der Waals surface area contributed by atoms with Crippen LogP contribution in [-0.4, -0.2) is 48.6 Å². The normalized spacial score (nSPS) is 14.3. The molecular weight excluding hydrogens is 484 g/mol. The summed E-state index contributed by atoms with van der Waals surface area (Å²) in [5, 5.41) is 13.7. The topological polar surface area (TPSA) is 85.1 Å². The average Bonchev–Trinajstić information content (AvgIpc) is 2.94. The number of fused-ring (bicyclic) bond motifs is 1. The molecule has 1 N–H and O–H groups in total. The van der Waals surface area contributed by atoms with Crippen molar-refractivity contribution in [2.75, 3.05) is 42.5 Å². The number of nitrogens with one attached hydrogen (secondary N) is 1. The van der Waals surface area contributed by atoms with Crippen molar-refractivity contribution in [2.45, 2.75) is 12.3 Å². The molecule has 186 valence electrons. The van der Waals surface area contributed by atoms with Gasteiger partial charge in [0, 0.05) is 43.4 Å². The van der Waals surface area contributed by atoms with E-state index >= 15 is 0 Å². The average molecular weight is 511 g/mol. The highest BCUT2D eigenvalue weighted by Gasteiger charge is 2.30. The summed E-state index contributed by atoms with van der Waals surface area (Å²) in [4.78, 5) is 27.2.